The number of ether oxygens (including phenoxy) is 2. The van der Waals surface area contributed by atoms with Crippen molar-refractivity contribution in [3.63, 3.8) is 0 Å². The summed E-state index contributed by atoms with van der Waals surface area (Å²) in [5, 5.41) is 3.73. The molecule has 0 saturated heterocycles. The lowest BCUT2D eigenvalue weighted by Crippen LogP contribution is -2.36. The van der Waals surface area contributed by atoms with Crippen LogP contribution in [-0.2, 0) is 16.1 Å². The molecule has 1 aromatic heterocycles. The molecule has 0 bridgehead atoms. The van der Waals surface area contributed by atoms with Crippen LogP contribution in [0.5, 0.6) is 5.75 Å². The molecular weight excluding hydrogens is 222 g/mol. The molecule has 1 rings (SSSR count). The average molecular weight is 234 g/mol. The first-order valence-corrected chi connectivity index (χ1v) is 4.76. The Hall–Kier alpha value is -1.66. The van der Waals surface area contributed by atoms with Crippen LogP contribution in [0.2, 0.25) is 0 Å². The lowest BCUT2D eigenvalue weighted by Gasteiger charge is -2.14. The third kappa shape index (κ3) is 2.91. The molecule has 0 aliphatic rings. The van der Waals surface area contributed by atoms with Gasteiger partial charge in [0.05, 0.1) is 19.0 Å². The fourth-order valence-corrected chi connectivity index (χ4v) is 0.975. The summed E-state index contributed by atoms with van der Waals surface area (Å²) < 4.78 is 35.9. The maximum Gasteiger partial charge on any atom is 0.502 e. The Morgan fingerprint density at radius 1 is 1.56 bits per heavy atom. The number of carbonyl (C=O) groups excluding carboxylic acids is 1. The van der Waals surface area contributed by atoms with Gasteiger partial charge in [0.1, 0.15) is 0 Å². The number of aromatic nitrogens is 2. The van der Waals surface area contributed by atoms with Crippen molar-refractivity contribution in [3.05, 3.63) is 12.4 Å². The summed E-state index contributed by atoms with van der Waals surface area (Å²) in [5.41, 5.74) is 0. The van der Waals surface area contributed by atoms with Crippen molar-refractivity contribution in [2.75, 3.05) is 6.61 Å². The quantitative estimate of drug-likeness (QED) is 0.723. The number of alkyl halides is 2. The molecular formula is C9H12F2N2O3. The Bertz CT molecular complexity index is 365. The molecule has 90 valence electrons. The van der Waals surface area contributed by atoms with Gasteiger partial charge in [-0.15, -0.1) is 0 Å². The van der Waals surface area contributed by atoms with Crippen molar-refractivity contribution in [2.24, 2.45) is 0 Å². The van der Waals surface area contributed by atoms with E-state index in [-0.39, 0.29) is 12.4 Å². The second-order valence-electron chi connectivity index (χ2n) is 2.87. The van der Waals surface area contributed by atoms with Gasteiger partial charge in [-0.05, 0) is 13.8 Å². The van der Waals surface area contributed by atoms with Crippen LogP contribution < -0.4 is 4.74 Å². The van der Waals surface area contributed by atoms with Crippen LogP contribution in [0.4, 0.5) is 8.78 Å². The summed E-state index contributed by atoms with van der Waals surface area (Å²) in [7, 11) is 0. The minimum absolute atomic E-state index is 0.133. The molecule has 0 spiro atoms. The van der Waals surface area contributed by atoms with Gasteiger partial charge in [-0.2, -0.15) is 13.9 Å². The number of hydrogen-bond acceptors (Lipinski definition) is 4. The number of aryl methyl sites for hydroxylation is 1. The van der Waals surface area contributed by atoms with Crippen LogP contribution in [0.3, 0.4) is 0 Å². The van der Waals surface area contributed by atoms with Crippen molar-refractivity contribution >= 4 is 5.97 Å². The molecule has 0 fully saturated rings. The Morgan fingerprint density at radius 2 is 2.25 bits per heavy atom. The molecule has 0 radical (unpaired) electrons. The van der Waals surface area contributed by atoms with Crippen LogP contribution in [-0.4, -0.2) is 28.5 Å². The standard InChI is InChI=1S/C9H12F2N2O3/c1-3-13-6-7(5-12-13)16-9(10,11)8(14)15-4-2/h5-6H,3-4H2,1-2H3. The highest BCUT2D eigenvalue weighted by atomic mass is 19.3. The van der Waals surface area contributed by atoms with E-state index in [4.69, 9.17) is 0 Å². The van der Waals surface area contributed by atoms with Crippen LogP contribution in [0.15, 0.2) is 12.4 Å². The normalized spacial score (nSPS) is 11.2. The number of halogens is 2. The fraction of sp³-hybridized carbons (Fsp3) is 0.556. The third-order valence-electron chi connectivity index (χ3n) is 1.69. The van der Waals surface area contributed by atoms with Crippen molar-refractivity contribution < 1.29 is 23.0 Å². The van der Waals surface area contributed by atoms with Gasteiger partial charge in [0.2, 0.25) is 0 Å². The van der Waals surface area contributed by atoms with Gasteiger partial charge >= 0.3 is 12.1 Å². The zero-order chi connectivity index (χ0) is 12.2. The number of hydrogen-bond donors (Lipinski definition) is 0. The lowest BCUT2D eigenvalue weighted by atomic mass is 10.6. The first-order valence-electron chi connectivity index (χ1n) is 4.76. The highest BCUT2D eigenvalue weighted by Crippen LogP contribution is 2.22. The Balaban J connectivity index is 2.67. The summed E-state index contributed by atoms with van der Waals surface area (Å²) >= 11 is 0. The highest BCUT2D eigenvalue weighted by Gasteiger charge is 2.44. The van der Waals surface area contributed by atoms with Crippen LogP contribution in [0.25, 0.3) is 0 Å². The Morgan fingerprint density at radius 3 is 2.75 bits per heavy atom. The van der Waals surface area contributed by atoms with Gasteiger partial charge in [-0.1, -0.05) is 0 Å². The molecule has 7 heteroatoms. The third-order valence-corrected chi connectivity index (χ3v) is 1.69. The van der Waals surface area contributed by atoms with Gasteiger partial charge < -0.3 is 9.47 Å². The SMILES string of the molecule is CCOC(=O)C(F)(F)Oc1cnn(CC)c1. The number of nitrogens with zero attached hydrogens (tertiary/aromatic N) is 2. The molecule has 0 saturated carbocycles. The zero-order valence-electron chi connectivity index (χ0n) is 8.94. The number of rotatable bonds is 5. The number of esters is 1. The summed E-state index contributed by atoms with van der Waals surface area (Å²) in [5.74, 6) is -1.89. The first kappa shape index (κ1) is 12.4. The molecule has 0 unspecified atom stereocenters. The minimum atomic E-state index is -3.99. The van der Waals surface area contributed by atoms with Gasteiger partial charge in [-0.25, -0.2) is 4.79 Å². The van der Waals surface area contributed by atoms with E-state index in [0.29, 0.717) is 6.54 Å². The molecule has 0 aromatic carbocycles. The number of carbonyl (C=O) groups is 1. The lowest BCUT2D eigenvalue weighted by molar-refractivity contribution is -0.216. The summed E-state index contributed by atoms with van der Waals surface area (Å²) in [6.45, 7) is 3.61. The predicted molar refractivity (Wildman–Crippen MR) is 50.1 cm³/mol. The van der Waals surface area contributed by atoms with Crippen molar-refractivity contribution in [3.8, 4) is 5.75 Å². The molecule has 0 amide bonds. The topological polar surface area (TPSA) is 53.4 Å². The zero-order valence-corrected chi connectivity index (χ0v) is 8.94. The van der Waals surface area contributed by atoms with E-state index >= 15 is 0 Å². The van der Waals surface area contributed by atoms with Gasteiger partial charge in [0, 0.05) is 6.54 Å². The Kier molecular flexibility index (Phi) is 3.81. The molecule has 0 N–H and O–H groups in total. The van der Waals surface area contributed by atoms with E-state index in [1.54, 1.807) is 6.92 Å². The molecule has 1 aromatic rings. The second kappa shape index (κ2) is 4.91. The minimum Gasteiger partial charge on any atom is -0.459 e. The Labute approximate surface area is 90.9 Å². The van der Waals surface area contributed by atoms with Crippen LogP contribution >= 0.6 is 0 Å². The van der Waals surface area contributed by atoms with E-state index in [0.717, 1.165) is 6.20 Å². The molecule has 0 atom stereocenters. The van der Waals surface area contributed by atoms with Crippen molar-refractivity contribution in [2.45, 2.75) is 26.5 Å². The predicted octanol–water partition coefficient (Wildman–Crippen LogP) is 1.44. The smallest absolute Gasteiger partial charge is 0.459 e. The highest BCUT2D eigenvalue weighted by molar-refractivity contribution is 5.76. The van der Waals surface area contributed by atoms with E-state index in [2.05, 4.69) is 14.6 Å². The summed E-state index contributed by atoms with van der Waals surface area (Å²) in [6.07, 6.45) is -1.61. The van der Waals surface area contributed by atoms with Gasteiger partial charge in [0.25, 0.3) is 0 Å². The maximum absolute atomic E-state index is 13.1. The van der Waals surface area contributed by atoms with E-state index in [9.17, 15) is 13.6 Å². The van der Waals surface area contributed by atoms with Crippen molar-refractivity contribution in [1.29, 1.82) is 0 Å². The van der Waals surface area contributed by atoms with Gasteiger partial charge in [-0.3, -0.25) is 4.68 Å². The maximum atomic E-state index is 13.1. The average Bonchev–Trinajstić information content (AvgIpc) is 2.65. The first-order chi connectivity index (χ1) is 7.49. The molecule has 16 heavy (non-hydrogen) atoms. The van der Waals surface area contributed by atoms with Crippen molar-refractivity contribution in [1.82, 2.24) is 9.78 Å². The molecule has 0 aliphatic carbocycles. The van der Waals surface area contributed by atoms with E-state index in [1.165, 1.54) is 17.8 Å². The van der Waals surface area contributed by atoms with Gasteiger partial charge in [0.15, 0.2) is 5.75 Å². The largest absolute Gasteiger partial charge is 0.502 e. The van der Waals surface area contributed by atoms with E-state index < -0.39 is 12.1 Å². The molecule has 0 aliphatic heterocycles. The second-order valence-corrected chi connectivity index (χ2v) is 2.87. The summed E-state index contributed by atoms with van der Waals surface area (Å²) in [6, 6.07) is 0. The van der Waals surface area contributed by atoms with Crippen LogP contribution in [0, 0.1) is 0 Å². The fourth-order valence-electron chi connectivity index (χ4n) is 0.975. The monoisotopic (exact) mass is 234 g/mol. The molecule has 1 heterocycles. The summed E-state index contributed by atoms with van der Waals surface area (Å²) in [4.78, 5) is 10.8. The van der Waals surface area contributed by atoms with E-state index in [1.807, 2.05) is 0 Å². The van der Waals surface area contributed by atoms with Crippen LogP contribution in [0.1, 0.15) is 13.8 Å². The molecule has 5 nitrogen and oxygen atoms in total.